The van der Waals surface area contributed by atoms with Crippen LogP contribution in [0.2, 0.25) is 0 Å². The lowest BCUT2D eigenvalue weighted by Crippen LogP contribution is -2.30. The van der Waals surface area contributed by atoms with Crippen molar-refractivity contribution < 1.29 is 24.9 Å². The van der Waals surface area contributed by atoms with E-state index in [1.54, 1.807) is 6.92 Å². The number of aliphatic imine (C=N–C) groups is 1. The highest BCUT2D eigenvalue weighted by Crippen LogP contribution is 2.27. The first-order chi connectivity index (χ1) is 14.1. The molecular formula is C21H32N4O5. The molecule has 0 amide bonds. The number of carboxylic acid groups (broad SMARTS) is 2. The molecule has 3 atom stereocenters. The highest BCUT2D eigenvalue weighted by Gasteiger charge is 2.18. The largest absolute Gasteiger partial charge is 0.481 e. The van der Waals surface area contributed by atoms with E-state index >= 15 is 0 Å². The molecule has 0 radical (unpaired) electrons. The standard InChI is InChI=1S/C15H18O3.C6H14N4O2/c1-10(15(17)18)12-7-5-11(6-8-12)9-13-3-2-4-14(13)16;7-4(5(11)12)2-1-3-10-6(8)9/h5-10,14,16H,2-4H2,1H3,(H,17,18);4H,1-3,7H2,(H,11,12)(H4,8,9,10)/b13-9-;. The lowest BCUT2D eigenvalue weighted by atomic mass is 9.99. The summed E-state index contributed by atoms with van der Waals surface area (Å²) in [6.07, 6.45) is 5.50. The number of aliphatic hydroxyl groups is 1. The molecule has 2 rings (SSSR count). The third-order valence-corrected chi connectivity index (χ3v) is 4.81. The van der Waals surface area contributed by atoms with Crippen molar-refractivity contribution in [2.24, 2.45) is 22.2 Å². The molecule has 9 nitrogen and oxygen atoms in total. The zero-order valence-corrected chi connectivity index (χ0v) is 17.2. The fraction of sp³-hybridized carbons (Fsp3) is 0.476. The summed E-state index contributed by atoms with van der Waals surface area (Å²) in [5, 5.41) is 27.0. The van der Waals surface area contributed by atoms with E-state index in [4.69, 9.17) is 27.4 Å². The van der Waals surface area contributed by atoms with Crippen LogP contribution in [-0.4, -0.2) is 51.9 Å². The van der Waals surface area contributed by atoms with Crippen molar-refractivity contribution in [3.63, 3.8) is 0 Å². The Kier molecular flexibility index (Phi) is 10.6. The van der Waals surface area contributed by atoms with E-state index in [0.717, 1.165) is 36.0 Å². The second kappa shape index (κ2) is 12.6. The fourth-order valence-electron chi connectivity index (χ4n) is 2.90. The lowest BCUT2D eigenvalue weighted by molar-refractivity contribution is -0.139. The van der Waals surface area contributed by atoms with Crippen LogP contribution in [0.25, 0.3) is 6.08 Å². The van der Waals surface area contributed by atoms with Gasteiger partial charge in [-0.1, -0.05) is 30.3 Å². The van der Waals surface area contributed by atoms with Crippen LogP contribution in [0.1, 0.15) is 56.1 Å². The van der Waals surface area contributed by atoms with Crippen LogP contribution in [0.3, 0.4) is 0 Å². The Morgan fingerprint density at radius 1 is 1.20 bits per heavy atom. The minimum absolute atomic E-state index is 0.0129. The molecule has 30 heavy (non-hydrogen) atoms. The number of nitrogens with zero attached hydrogens (tertiary/aromatic N) is 1. The second-order valence-electron chi connectivity index (χ2n) is 7.25. The van der Waals surface area contributed by atoms with Crippen LogP contribution in [0.4, 0.5) is 0 Å². The average molecular weight is 421 g/mol. The number of hydrogen-bond acceptors (Lipinski definition) is 5. The van der Waals surface area contributed by atoms with Gasteiger partial charge in [0.15, 0.2) is 5.96 Å². The third-order valence-electron chi connectivity index (χ3n) is 4.81. The van der Waals surface area contributed by atoms with Gasteiger partial charge in [0.05, 0.1) is 12.0 Å². The van der Waals surface area contributed by atoms with Crippen LogP contribution < -0.4 is 17.2 Å². The minimum atomic E-state index is -1.00. The molecule has 0 spiro atoms. The summed E-state index contributed by atoms with van der Waals surface area (Å²) < 4.78 is 0. The van der Waals surface area contributed by atoms with E-state index in [-0.39, 0.29) is 12.1 Å². The monoisotopic (exact) mass is 420 g/mol. The summed E-state index contributed by atoms with van der Waals surface area (Å²) in [7, 11) is 0. The summed E-state index contributed by atoms with van der Waals surface area (Å²) in [4.78, 5) is 24.8. The Labute approximate surface area is 176 Å². The molecule has 0 heterocycles. The molecule has 1 fully saturated rings. The molecule has 1 aromatic rings. The highest BCUT2D eigenvalue weighted by molar-refractivity contribution is 5.76. The second-order valence-corrected chi connectivity index (χ2v) is 7.25. The first-order valence-corrected chi connectivity index (χ1v) is 9.86. The van der Waals surface area contributed by atoms with Gasteiger partial charge in [-0.15, -0.1) is 0 Å². The normalized spacial score (nSPS) is 18.8. The SMILES string of the molecule is CC(C(=O)O)c1ccc(/C=C2/CCCC2O)cc1.NC(N)=NCCCC(N)C(=O)O. The third kappa shape index (κ3) is 9.06. The molecule has 1 aliphatic rings. The van der Waals surface area contributed by atoms with Crippen molar-refractivity contribution in [2.75, 3.05) is 6.54 Å². The summed E-state index contributed by atoms with van der Waals surface area (Å²) >= 11 is 0. The molecule has 9 N–H and O–H groups in total. The Hall–Kier alpha value is -2.91. The van der Waals surface area contributed by atoms with Crippen molar-refractivity contribution in [1.29, 1.82) is 0 Å². The zero-order valence-electron chi connectivity index (χ0n) is 17.2. The van der Waals surface area contributed by atoms with Gasteiger partial charge in [-0.2, -0.15) is 0 Å². The Morgan fingerprint density at radius 2 is 1.83 bits per heavy atom. The van der Waals surface area contributed by atoms with E-state index in [0.29, 0.717) is 19.4 Å². The number of rotatable bonds is 8. The Morgan fingerprint density at radius 3 is 2.30 bits per heavy atom. The lowest BCUT2D eigenvalue weighted by Gasteiger charge is -2.07. The minimum Gasteiger partial charge on any atom is -0.481 e. The summed E-state index contributed by atoms with van der Waals surface area (Å²) in [6, 6.07) is 6.68. The molecule has 1 aliphatic carbocycles. The van der Waals surface area contributed by atoms with Crippen molar-refractivity contribution in [3.05, 3.63) is 41.0 Å². The van der Waals surface area contributed by atoms with E-state index in [2.05, 4.69) is 4.99 Å². The number of guanidine groups is 1. The molecule has 9 heteroatoms. The first-order valence-electron chi connectivity index (χ1n) is 9.86. The van der Waals surface area contributed by atoms with Gasteiger partial charge in [-0.05, 0) is 55.7 Å². The van der Waals surface area contributed by atoms with E-state index in [1.807, 2.05) is 30.3 Å². The predicted octanol–water partition coefficient (Wildman–Crippen LogP) is 1.25. The van der Waals surface area contributed by atoms with Crippen molar-refractivity contribution in [3.8, 4) is 0 Å². The van der Waals surface area contributed by atoms with E-state index < -0.39 is 23.9 Å². The number of nitrogens with two attached hydrogens (primary N) is 3. The van der Waals surface area contributed by atoms with E-state index in [1.165, 1.54) is 0 Å². The van der Waals surface area contributed by atoms with Crippen molar-refractivity contribution >= 4 is 24.0 Å². The van der Waals surface area contributed by atoms with Gasteiger partial charge in [0, 0.05) is 6.54 Å². The maximum Gasteiger partial charge on any atom is 0.320 e. The number of hydrogen-bond donors (Lipinski definition) is 6. The fourth-order valence-corrected chi connectivity index (χ4v) is 2.90. The summed E-state index contributed by atoms with van der Waals surface area (Å²) in [5.74, 6) is -2.28. The Bertz CT molecular complexity index is 757. The molecular weight excluding hydrogens is 388 g/mol. The van der Waals surface area contributed by atoms with Crippen LogP contribution in [0.5, 0.6) is 0 Å². The topological polar surface area (TPSA) is 185 Å². The van der Waals surface area contributed by atoms with Gasteiger partial charge in [-0.25, -0.2) is 0 Å². The van der Waals surface area contributed by atoms with E-state index in [9.17, 15) is 14.7 Å². The highest BCUT2D eigenvalue weighted by atomic mass is 16.4. The van der Waals surface area contributed by atoms with Gasteiger partial charge < -0.3 is 32.5 Å². The van der Waals surface area contributed by atoms with Gasteiger partial charge in [0.2, 0.25) is 0 Å². The predicted molar refractivity (Wildman–Crippen MR) is 116 cm³/mol. The smallest absolute Gasteiger partial charge is 0.320 e. The van der Waals surface area contributed by atoms with Crippen LogP contribution in [-0.2, 0) is 9.59 Å². The number of aliphatic carboxylic acids is 2. The molecule has 0 saturated heterocycles. The Balaban J connectivity index is 0.000000329. The molecule has 0 bridgehead atoms. The van der Waals surface area contributed by atoms with Crippen LogP contribution in [0.15, 0.2) is 34.8 Å². The summed E-state index contributed by atoms with van der Waals surface area (Å²) in [6.45, 7) is 2.10. The van der Waals surface area contributed by atoms with Gasteiger partial charge >= 0.3 is 11.9 Å². The molecule has 1 saturated carbocycles. The maximum absolute atomic E-state index is 10.9. The van der Waals surface area contributed by atoms with Crippen molar-refractivity contribution in [2.45, 2.75) is 57.1 Å². The molecule has 0 aromatic heterocycles. The number of aliphatic hydroxyl groups excluding tert-OH is 1. The molecule has 166 valence electrons. The first kappa shape index (κ1) is 25.1. The quantitative estimate of drug-likeness (QED) is 0.206. The number of benzene rings is 1. The molecule has 1 aromatic carbocycles. The van der Waals surface area contributed by atoms with Crippen molar-refractivity contribution in [1.82, 2.24) is 0 Å². The average Bonchev–Trinajstić information content (AvgIpc) is 3.09. The van der Waals surface area contributed by atoms with Gasteiger partial charge in [-0.3, -0.25) is 14.6 Å². The zero-order chi connectivity index (χ0) is 22.7. The van der Waals surface area contributed by atoms with Gasteiger partial charge in [0.1, 0.15) is 6.04 Å². The number of carbonyl (C=O) groups is 2. The maximum atomic E-state index is 10.9. The van der Waals surface area contributed by atoms with Crippen LogP contribution in [0, 0.1) is 0 Å². The van der Waals surface area contributed by atoms with Gasteiger partial charge in [0.25, 0.3) is 0 Å². The number of carboxylic acids is 2. The summed E-state index contributed by atoms with van der Waals surface area (Å²) in [5.41, 5.74) is 18.2. The molecule has 0 aliphatic heterocycles. The molecule has 3 unspecified atom stereocenters. The van der Waals surface area contributed by atoms with Crippen LogP contribution >= 0.6 is 0 Å².